The van der Waals surface area contributed by atoms with Crippen LogP contribution < -0.4 is 5.32 Å². The highest BCUT2D eigenvalue weighted by Crippen LogP contribution is 2.22. The first-order chi connectivity index (χ1) is 12.1. The Morgan fingerprint density at radius 3 is 2.08 bits per heavy atom. The van der Waals surface area contributed by atoms with Crippen LogP contribution in [0, 0.1) is 0 Å². The molecular formula is C20H25NO4S. The lowest BCUT2D eigenvalue weighted by Crippen LogP contribution is -2.23. The number of amides is 1. The first kappa shape index (κ1) is 20.1. The second-order valence-electron chi connectivity index (χ2n) is 7.20. The SMILES string of the molecule is CC(C)(C)c1ccc(C(=O)NCc2ccc(S(=O)(=O)CCO)cc2)cc1. The summed E-state index contributed by atoms with van der Waals surface area (Å²) in [6, 6.07) is 13.8. The smallest absolute Gasteiger partial charge is 0.251 e. The predicted octanol–water partition coefficient (Wildman–Crippen LogP) is 2.68. The Labute approximate surface area is 155 Å². The standard InChI is InChI=1S/C20H25NO4S/c1-20(2,3)17-8-6-16(7-9-17)19(23)21-14-15-4-10-18(11-5-15)26(24,25)13-12-22/h4-11,22H,12-14H2,1-3H3,(H,21,23). The second-order valence-corrected chi connectivity index (χ2v) is 9.31. The summed E-state index contributed by atoms with van der Waals surface area (Å²) in [5, 5.41) is 11.6. The Balaban J connectivity index is 1.99. The van der Waals surface area contributed by atoms with Gasteiger partial charge < -0.3 is 10.4 Å². The van der Waals surface area contributed by atoms with Gasteiger partial charge in [-0.05, 0) is 40.8 Å². The van der Waals surface area contributed by atoms with Crippen LogP contribution >= 0.6 is 0 Å². The molecule has 0 aliphatic carbocycles. The number of hydrogen-bond donors (Lipinski definition) is 2. The van der Waals surface area contributed by atoms with Gasteiger partial charge in [0.2, 0.25) is 0 Å². The zero-order valence-corrected chi connectivity index (χ0v) is 16.1. The molecule has 0 saturated heterocycles. The van der Waals surface area contributed by atoms with Crippen molar-refractivity contribution >= 4 is 15.7 Å². The molecule has 2 aromatic carbocycles. The molecule has 2 N–H and O–H groups in total. The average molecular weight is 375 g/mol. The van der Waals surface area contributed by atoms with E-state index < -0.39 is 16.4 Å². The number of carbonyl (C=O) groups is 1. The van der Waals surface area contributed by atoms with Crippen molar-refractivity contribution in [2.24, 2.45) is 0 Å². The molecule has 0 saturated carbocycles. The zero-order chi connectivity index (χ0) is 19.4. The summed E-state index contributed by atoms with van der Waals surface area (Å²) in [4.78, 5) is 12.4. The minimum atomic E-state index is -3.45. The zero-order valence-electron chi connectivity index (χ0n) is 15.3. The van der Waals surface area contributed by atoms with Crippen molar-refractivity contribution in [2.75, 3.05) is 12.4 Å². The van der Waals surface area contributed by atoms with E-state index in [2.05, 4.69) is 26.1 Å². The van der Waals surface area contributed by atoms with E-state index in [0.717, 1.165) is 11.1 Å². The number of rotatable bonds is 6. The minimum Gasteiger partial charge on any atom is -0.395 e. The lowest BCUT2D eigenvalue weighted by atomic mass is 9.87. The predicted molar refractivity (Wildman–Crippen MR) is 102 cm³/mol. The quantitative estimate of drug-likeness (QED) is 0.813. The number of carbonyl (C=O) groups excluding carboxylic acids is 1. The van der Waals surface area contributed by atoms with Crippen LogP contribution in [0.25, 0.3) is 0 Å². The maximum absolute atomic E-state index is 12.3. The molecule has 0 aliphatic heterocycles. The summed E-state index contributed by atoms with van der Waals surface area (Å²) >= 11 is 0. The Morgan fingerprint density at radius 2 is 1.58 bits per heavy atom. The van der Waals surface area contributed by atoms with Gasteiger partial charge in [0, 0.05) is 12.1 Å². The Morgan fingerprint density at radius 1 is 1.00 bits per heavy atom. The topological polar surface area (TPSA) is 83.5 Å². The van der Waals surface area contributed by atoms with Crippen molar-refractivity contribution in [1.82, 2.24) is 5.32 Å². The fourth-order valence-corrected chi connectivity index (χ4v) is 3.49. The molecule has 26 heavy (non-hydrogen) atoms. The molecular weight excluding hydrogens is 350 g/mol. The molecule has 0 bridgehead atoms. The molecule has 0 spiro atoms. The van der Waals surface area contributed by atoms with Gasteiger partial charge >= 0.3 is 0 Å². The van der Waals surface area contributed by atoms with Gasteiger partial charge in [-0.25, -0.2) is 8.42 Å². The largest absolute Gasteiger partial charge is 0.395 e. The highest BCUT2D eigenvalue weighted by molar-refractivity contribution is 7.91. The van der Waals surface area contributed by atoms with E-state index in [4.69, 9.17) is 5.11 Å². The van der Waals surface area contributed by atoms with E-state index in [1.54, 1.807) is 24.3 Å². The average Bonchev–Trinajstić information content (AvgIpc) is 2.59. The van der Waals surface area contributed by atoms with Crippen LogP contribution in [0.3, 0.4) is 0 Å². The fourth-order valence-electron chi connectivity index (χ4n) is 2.46. The lowest BCUT2D eigenvalue weighted by molar-refractivity contribution is 0.0951. The van der Waals surface area contributed by atoms with E-state index in [9.17, 15) is 13.2 Å². The van der Waals surface area contributed by atoms with Crippen molar-refractivity contribution in [3.05, 3.63) is 65.2 Å². The summed E-state index contributed by atoms with van der Waals surface area (Å²) < 4.78 is 23.7. The van der Waals surface area contributed by atoms with Gasteiger partial charge in [-0.2, -0.15) is 0 Å². The summed E-state index contributed by atoms with van der Waals surface area (Å²) in [5.74, 6) is -0.476. The first-order valence-corrected chi connectivity index (χ1v) is 10.1. The summed E-state index contributed by atoms with van der Waals surface area (Å²) in [6.45, 7) is 6.25. The minimum absolute atomic E-state index is 0.0348. The second kappa shape index (κ2) is 8.01. The number of sulfone groups is 1. The molecule has 0 aromatic heterocycles. The van der Waals surface area contributed by atoms with Crippen molar-refractivity contribution < 1.29 is 18.3 Å². The van der Waals surface area contributed by atoms with E-state index in [-0.39, 0.29) is 22.0 Å². The fraction of sp³-hybridized carbons (Fsp3) is 0.350. The highest BCUT2D eigenvalue weighted by Gasteiger charge is 2.15. The molecule has 6 heteroatoms. The van der Waals surface area contributed by atoms with E-state index in [0.29, 0.717) is 12.1 Å². The molecule has 140 valence electrons. The Hall–Kier alpha value is -2.18. The van der Waals surface area contributed by atoms with E-state index in [1.165, 1.54) is 12.1 Å². The first-order valence-electron chi connectivity index (χ1n) is 8.45. The van der Waals surface area contributed by atoms with Crippen LogP contribution in [0.4, 0.5) is 0 Å². The molecule has 0 aliphatic rings. The normalized spacial score (nSPS) is 12.0. The van der Waals surface area contributed by atoms with Crippen molar-refractivity contribution in [2.45, 2.75) is 37.6 Å². The van der Waals surface area contributed by atoms with Crippen molar-refractivity contribution in [1.29, 1.82) is 0 Å². The molecule has 5 nitrogen and oxygen atoms in total. The third-order valence-electron chi connectivity index (χ3n) is 4.11. The van der Waals surface area contributed by atoms with E-state index >= 15 is 0 Å². The monoisotopic (exact) mass is 375 g/mol. The van der Waals surface area contributed by atoms with Gasteiger partial charge in [-0.1, -0.05) is 45.0 Å². The molecule has 0 fully saturated rings. The van der Waals surface area contributed by atoms with Gasteiger partial charge in [-0.3, -0.25) is 4.79 Å². The van der Waals surface area contributed by atoms with E-state index in [1.807, 2.05) is 12.1 Å². The molecule has 2 rings (SSSR count). The van der Waals surface area contributed by atoms with Crippen LogP contribution in [0.5, 0.6) is 0 Å². The number of hydrogen-bond acceptors (Lipinski definition) is 4. The van der Waals surface area contributed by atoms with Crippen LogP contribution in [0.1, 0.15) is 42.3 Å². The Kier molecular flexibility index (Phi) is 6.21. The Bertz CT molecular complexity index is 848. The number of benzene rings is 2. The van der Waals surface area contributed by atoms with Crippen molar-refractivity contribution in [3.63, 3.8) is 0 Å². The summed E-state index contributed by atoms with van der Waals surface area (Å²) in [7, 11) is -3.45. The maximum Gasteiger partial charge on any atom is 0.251 e. The molecule has 2 aromatic rings. The molecule has 0 unspecified atom stereocenters. The van der Waals surface area contributed by atoms with Gasteiger partial charge in [0.05, 0.1) is 17.3 Å². The van der Waals surface area contributed by atoms with Gasteiger partial charge in [0.1, 0.15) is 0 Å². The van der Waals surface area contributed by atoms with Crippen LogP contribution in [0.15, 0.2) is 53.4 Å². The third kappa shape index (κ3) is 5.16. The maximum atomic E-state index is 12.3. The lowest BCUT2D eigenvalue weighted by Gasteiger charge is -2.19. The van der Waals surface area contributed by atoms with Crippen LogP contribution in [-0.2, 0) is 21.8 Å². The molecule has 0 radical (unpaired) electrons. The third-order valence-corrected chi connectivity index (χ3v) is 5.82. The summed E-state index contributed by atoms with van der Waals surface area (Å²) in [6.07, 6.45) is 0. The number of aliphatic hydroxyl groups is 1. The van der Waals surface area contributed by atoms with Crippen molar-refractivity contribution in [3.8, 4) is 0 Å². The van der Waals surface area contributed by atoms with Crippen LogP contribution in [-0.4, -0.2) is 31.8 Å². The molecule has 1 amide bonds. The number of aliphatic hydroxyl groups excluding tert-OH is 1. The van der Waals surface area contributed by atoms with Gasteiger partial charge in [0.15, 0.2) is 9.84 Å². The van der Waals surface area contributed by atoms with Gasteiger partial charge in [-0.15, -0.1) is 0 Å². The van der Waals surface area contributed by atoms with Gasteiger partial charge in [0.25, 0.3) is 5.91 Å². The summed E-state index contributed by atoms with van der Waals surface area (Å²) in [5.41, 5.74) is 2.58. The number of nitrogens with one attached hydrogen (secondary N) is 1. The molecule has 0 heterocycles. The highest BCUT2D eigenvalue weighted by atomic mass is 32.2. The van der Waals surface area contributed by atoms with Crippen LogP contribution in [0.2, 0.25) is 0 Å². The molecule has 0 atom stereocenters.